The van der Waals surface area contributed by atoms with Gasteiger partial charge in [0.1, 0.15) is 12.4 Å². The molecule has 4 aromatic carbocycles. The SMILES string of the molecule is N#C/C(=C/c1ccccc1OCc1ccccc1C#N)c1ccc2ccccc2c1. The fourth-order valence-electron chi connectivity index (χ4n) is 3.33. The molecule has 0 fully saturated rings. The summed E-state index contributed by atoms with van der Waals surface area (Å²) in [5.41, 5.74) is 3.67. The summed E-state index contributed by atoms with van der Waals surface area (Å²) in [4.78, 5) is 0. The number of nitrogens with zero attached hydrogens (tertiary/aromatic N) is 2. The molecule has 0 aliphatic carbocycles. The highest BCUT2D eigenvalue weighted by molar-refractivity contribution is 5.94. The Balaban J connectivity index is 1.65. The molecule has 0 aliphatic heterocycles. The van der Waals surface area contributed by atoms with Crippen molar-refractivity contribution >= 4 is 22.4 Å². The lowest BCUT2D eigenvalue weighted by molar-refractivity contribution is 0.305. The Kier molecular flexibility index (Phi) is 5.56. The Morgan fingerprint density at radius 2 is 1.53 bits per heavy atom. The van der Waals surface area contributed by atoms with E-state index >= 15 is 0 Å². The molecule has 0 aromatic heterocycles. The minimum atomic E-state index is 0.284. The topological polar surface area (TPSA) is 56.8 Å². The predicted molar refractivity (Wildman–Crippen MR) is 119 cm³/mol. The fraction of sp³-hybridized carbons (Fsp3) is 0.0370. The van der Waals surface area contributed by atoms with Crippen LogP contribution in [0.2, 0.25) is 0 Å². The van der Waals surface area contributed by atoms with Crippen LogP contribution in [-0.4, -0.2) is 0 Å². The number of hydrogen-bond acceptors (Lipinski definition) is 3. The summed E-state index contributed by atoms with van der Waals surface area (Å²) in [6, 6.07) is 33.6. The molecule has 0 aliphatic rings. The molecule has 0 saturated carbocycles. The molecular formula is C27H18N2O. The van der Waals surface area contributed by atoms with Gasteiger partial charge in [-0.15, -0.1) is 0 Å². The molecule has 0 atom stereocenters. The van der Waals surface area contributed by atoms with E-state index < -0.39 is 0 Å². The molecule has 0 bridgehead atoms. The van der Waals surface area contributed by atoms with E-state index in [1.165, 1.54) is 0 Å². The molecule has 30 heavy (non-hydrogen) atoms. The van der Waals surface area contributed by atoms with E-state index in [0.717, 1.165) is 27.5 Å². The second-order valence-electron chi connectivity index (χ2n) is 6.83. The van der Waals surface area contributed by atoms with Crippen molar-refractivity contribution in [2.24, 2.45) is 0 Å². The van der Waals surface area contributed by atoms with Gasteiger partial charge in [-0.05, 0) is 40.6 Å². The summed E-state index contributed by atoms with van der Waals surface area (Å²) in [6.07, 6.45) is 1.84. The minimum absolute atomic E-state index is 0.284. The van der Waals surface area contributed by atoms with Gasteiger partial charge in [-0.3, -0.25) is 0 Å². The lowest BCUT2D eigenvalue weighted by Crippen LogP contribution is -1.99. The van der Waals surface area contributed by atoms with Crippen LogP contribution in [0.3, 0.4) is 0 Å². The predicted octanol–water partition coefficient (Wildman–Crippen LogP) is 6.35. The summed E-state index contributed by atoms with van der Waals surface area (Å²) in [6.45, 7) is 0.284. The molecule has 3 nitrogen and oxygen atoms in total. The van der Waals surface area contributed by atoms with Crippen molar-refractivity contribution in [3.63, 3.8) is 0 Å². The third-order valence-electron chi connectivity index (χ3n) is 4.92. The first-order valence-corrected chi connectivity index (χ1v) is 9.59. The molecule has 0 N–H and O–H groups in total. The Morgan fingerprint density at radius 3 is 2.37 bits per heavy atom. The number of nitriles is 2. The summed E-state index contributed by atoms with van der Waals surface area (Å²) < 4.78 is 6.01. The molecule has 0 amide bonds. The van der Waals surface area contributed by atoms with E-state index in [9.17, 15) is 10.5 Å². The molecule has 142 valence electrons. The van der Waals surface area contributed by atoms with Crippen molar-refractivity contribution < 1.29 is 4.74 Å². The number of ether oxygens (including phenoxy) is 1. The smallest absolute Gasteiger partial charge is 0.127 e. The molecule has 0 spiro atoms. The zero-order valence-corrected chi connectivity index (χ0v) is 16.2. The molecule has 0 heterocycles. The van der Waals surface area contributed by atoms with Gasteiger partial charge in [-0.25, -0.2) is 0 Å². The van der Waals surface area contributed by atoms with Crippen molar-refractivity contribution in [2.75, 3.05) is 0 Å². The van der Waals surface area contributed by atoms with Crippen LogP contribution in [0.1, 0.15) is 22.3 Å². The van der Waals surface area contributed by atoms with Gasteiger partial charge in [-0.2, -0.15) is 10.5 Å². The fourth-order valence-corrected chi connectivity index (χ4v) is 3.33. The van der Waals surface area contributed by atoms with Gasteiger partial charge in [0.2, 0.25) is 0 Å². The zero-order valence-electron chi connectivity index (χ0n) is 16.2. The average molecular weight is 386 g/mol. The van der Waals surface area contributed by atoms with E-state index in [1.54, 1.807) is 6.07 Å². The number of benzene rings is 4. The Labute approximate surface area is 175 Å². The molecule has 0 radical (unpaired) electrons. The lowest BCUT2D eigenvalue weighted by Gasteiger charge is -2.11. The lowest BCUT2D eigenvalue weighted by atomic mass is 10.00. The largest absolute Gasteiger partial charge is 0.488 e. The van der Waals surface area contributed by atoms with E-state index in [-0.39, 0.29) is 6.61 Å². The molecule has 0 saturated heterocycles. The highest BCUT2D eigenvalue weighted by Crippen LogP contribution is 2.27. The second-order valence-corrected chi connectivity index (χ2v) is 6.83. The zero-order chi connectivity index (χ0) is 20.8. The van der Waals surface area contributed by atoms with Crippen molar-refractivity contribution in [3.05, 3.63) is 113 Å². The van der Waals surface area contributed by atoms with Gasteiger partial charge in [0, 0.05) is 11.1 Å². The maximum atomic E-state index is 9.78. The van der Waals surface area contributed by atoms with E-state index in [4.69, 9.17) is 4.74 Å². The number of allylic oxidation sites excluding steroid dienone is 1. The van der Waals surface area contributed by atoms with Crippen molar-refractivity contribution in [2.45, 2.75) is 6.61 Å². The normalized spacial score (nSPS) is 10.9. The van der Waals surface area contributed by atoms with E-state index in [1.807, 2.05) is 84.9 Å². The summed E-state index contributed by atoms with van der Waals surface area (Å²) in [7, 11) is 0. The quantitative estimate of drug-likeness (QED) is 0.296. The van der Waals surface area contributed by atoms with Crippen LogP contribution < -0.4 is 4.74 Å². The van der Waals surface area contributed by atoms with Gasteiger partial charge in [0.25, 0.3) is 0 Å². The van der Waals surface area contributed by atoms with Gasteiger partial charge in [0.15, 0.2) is 0 Å². The maximum Gasteiger partial charge on any atom is 0.127 e. The van der Waals surface area contributed by atoms with Crippen LogP contribution in [0.15, 0.2) is 91.0 Å². The van der Waals surface area contributed by atoms with Gasteiger partial charge >= 0.3 is 0 Å². The second kappa shape index (κ2) is 8.78. The Bertz CT molecular complexity index is 1320. The highest BCUT2D eigenvalue weighted by atomic mass is 16.5. The van der Waals surface area contributed by atoms with E-state index in [2.05, 4.69) is 18.2 Å². The first kappa shape index (κ1) is 19.0. The third kappa shape index (κ3) is 4.07. The number of hydrogen-bond donors (Lipinski definition) is 0. The highest BCUT2D eigenvalue weighted by Gasteiger charge is 2.08. The molecule has 0 unspecified atom stereocenters. The monoisotopic (exact) mass is 386 g/mol. The first-order chi connectivity index (χ1) is 14.8. The van der Waals surface area contributed by atoms with Crippen LogP contribution in [0.4, 0.5) is 0 Å². The van der Waals surface area contributed by atoms with Crippen molar-refractivity contribution in [1.29, 1.82) is 10.5 Å². The van der Waals surface area contributed by atoms with Crippen LogP contribution in [0.25, 0.3) is 22.4 Å². The summed E-state index contributed by atoms with van der Waals surface area (Å²) in [5.74, 6) is 0.666. The number of fused-ring (bicyclic) bond motifs is 1. The molecule has 4 rings (SSSR count). The standard InChI is InChI=1S/C27H18N2O/c28-17-24-10-3-4-11-25(24)19-30-27-12-6-5-9-23(27)16-26(18-29)22-14-13-20-7-1-2-8-21(20)15-22/h1-16H,19H2/b26-16-. The minimum Gasteiger partial charge on any atom is -0.488 e. The molecule has 3 heteroatoms. The van der Waals surface area contributed by atoms with E-state index in [0.29, 0.717) is 16.9 Å². The average Bonchev–Trinajstić information content (AvgIpc) is 2.81. The molecular weight excluding hydrogens is 368 g/mol. The molecule has 4 aromatic rings. The third-order valence-corrected chi connectivity index (χ3v) is 4.92. The van der Waals surface area contributed by atoms with Crippen LogP contribution in [0.5, 0.6) is 5.75 Å². The van der Waals surface area contributed by atoms with Crippen LogP contribution >= 0.6 is 0 Å². The number of para-hydroxylation sites is 1. The Hall–Kier alpha value is -4.34. The van der Waals surface area contributed by atoms with Gasteiger partial charge in [0.05, 0.1) is 23.3 Å². The van der Waals surface area contributed by atoms with Crippen LogP contribution in [0, 0.1) is 22.7 Å². The van der Waals surface area contributed by atoms with Crippen LogP contribution in [-0.2, 0) is 6.61 Å². The van der Waals surface area contributed by atoms with Crippen molar-refractivity contribution in [1.82, 2.24) is 0 Å². The Morgan fingerprint density at radius 1 is 0.800 bits per heavy atom. The summed E-state index contributed by atoms with van der Waals surface area (Å²) >= 11 is 0. The number of rotatable bonds is 5. The maximum absolute atomic E-state index is 9.78. The van der Waals surface area contributed by atoms with Gasteiger partial charge < -0.3 is 4.74 Å². The first-order valence-electron chi connectivity index (χ1n) is 9.59. The van der Waals surface area contributed by atoms with Crippen molar-refractivity contribution in [3.8, 4) is 17.9 Å². The van der Waals surface area contributed by atoms with Gasteiger partial charge in [-0.1, -0.05) is 72.8 Å². The summed E-state index contributed by atoms with van der Waals surface area (Å²) in [5, 5.41) is 21.3.